The van der Waals surface area contributed by atoms with E-state index in [1.54, 1.807) is 0 Å². The van der Waals surface area contributed by atoms with Gasteiger partial charge >= 0.3 is 0 Å². The average molecular weight is 927 g/mol. The molecule has 0 spiro atoms. The number of aliphatic hydroxyl groups excluding tert-OH is 1. The molecule has 0 aromatic rings. The highest BCUT2D eigenvalue weighted by atomic mass is 31.2. The van der Waals surface area contributed by atoms with E-state index in [1.807, 2.05) is 21.1 Å². The van der Waals surface area contributed by atoms with Crippen molar-refractivity contribution in [2.75, 3.05) is 40.9 Å². The normalized spacial score (nSPS) is 14.0. The molecule has 8 nitrogen and oxygen atoms in total. The number of amides is 1. The second-order valence-electron chi connectivity index (χ2n) is 20.6. The summed E-state index contributed by atoms with van der Waals surface area (Å²) in [6.07, 6.45) is 57.3. The quantitative estimate of drug-likeness (QED) is 0.0272. The van der Waals surface area contributed by atoms with Crippen LogP contribution in [0.25, 0.3) is 0 Å². The highest BCUT2D eigenvalue weighted by molar-refractivity contribution is 7.45. The molecule has 0 aromatic heterocycles. The fourth-order valence-corrected chi connectivity index (χ4v) is 9.29. The van der Waals surface area contributed by atoms with Crippen molar-refractivity contribution >= 4 is 13.7 Å². The molecule has 0 aliphatic heterocycles. The van der Waals surface area contributed by atoms with Gasteiger partial charge in [0, 0.05) is 6.42 Å². The molecule has 64 heavy (non-hydrogen) atoms. The number of unbranched alkanes of at least 4 members (excludes halogenated alkanes) is 37. The van der Waals surface area contributed by atoms with Crippen molar-refractivity contribution in [3.63, 3.8) is 0 Å². The van der Waals surface area contributed by atoms with Crippen molar-refractivity contribution in [2.24, 2.45) is 0 Å². The minimum absolute atomic E-state index is 0.0147. The van der Waals surface area contributed by atoms with E-state index in [-0.39, 0.29) is 19.1 Å². The van der Waals surface area contributed by atoms with Gasteiger partial charge in [0.2, 0.25) is 5.91 Å². The third-order valence-corrected chi connectivity index (χ3v) is 14.0. The van der Waals surface area contributed by atoms with E-state index in [4.69, 9.17) is 9.05 Å². The number of phosphoric acid groups is 1. The van der Waals surface area contributed by atoms with Gasteiger partial charge in [-0.05, 0) is 38.5 Å². The predicted octanol–water partition coefficient (Wildman–Crippen LogP) is 16.0. The number of hydrogen-bond donors (Lipinski definition) is 2. The topological polar surface area (TPSA) is 108 Å². The summed E-state index contributed by atoms with van der Waals surface area (Å²) in [5.74, 6) is -0.163. The number of nitrogens with one attached hydrogen (secondary N) is 1. The zero-order chi connectivity index (χ0) is 47.1. The number of aliphatic hydroxyl groups is 1. The van der Waals surface area contributed by atoms with E-state index in [0.717, 1.165) is 38.5 Å². The Balaban J connectivity index is 3.76. The number of phosphoric ester groups is 1. The standard InChI is InChI=1S/C55H111N2O6P/c1-6-8-10-12-14-15-16-17-18-19-20-21-22-23-24-25-26-27-28-29-30-31-32-33-34-35-36-37-38-39-40-41-43-45-47-49-55(59)56-53(54(58)48-46-44-42-13-11-9-7-2)52-63-64(60,61)62-51-50-57(3,4)5/h19-20,53-54,58H,6-18,21-52H2,1-5H3,(H-,56,59,60,61)/b20-19-. The maximum atomic E-state index is 12.9. The summed E-state index contributed by atoms with van der Waals surface area (Å²) < 4.78 is 23.2. The van der Waals surface area contributed by atoms with Gasteiger partial charge in [-0.25, -0.2) is 0 Å². The summed E-state index contributed by atoms with van der Waals surface area (Å²) >= 11 is 0. The average Bonchev–Trinajstić information content (AvgIpc) is 3.25. The van der Waals surface area contributed by atoms with Gasteiger partial charge in [0.15, 0.2) is 0 Å². The van der Waals surface area contributed by atoms with E-state index in [2.05, 4.69) is 31.3 Å². The van der Waals surface area contributed by atoms with Gasteiger partial charge in [-0.3, -0.25) is 9.36 Å². The fourth-order valence-electron chi connectivity index (χ4n) is 8.57. The predicted molar refractivity (Wildman–Crippen MR) is 275 cm³/mol. The van der Waals surface area contributed by atoms with E-state index in [9.17, 15) is 19.4 Å². The summed E-state index contributed by atoms with van der Waals surface area (Å²) in [7, 11) is 1.31. The van der Waals surface area contributed by atoms with E-state index in [1.165, 1.54) is 218 Å². The molecule has 382 valence electrons. The molecule has 0 aliphatic carbocycles. The molecule has 0 rings (SSSR count). The van der Waals surface area contributed by atoms with Crippen LogP contribution in [-0.2, 0) is 18.4 Å². The number of carbonyl (C=O) groups excluding carboxylic acids is 1. The molecule has 9 heteroatoms. The van der Waals surface area contributed by atoms with Crippen LogP contribution in [-0.4, -0.2) is 68.5 Å². The zero-order valence-electron chi connectivity index (χ0n) is 43.5. The monoisotopic (exact) mass is 927 g/mol. The molecular formula is C55H111N2O6P. The Morgan fingerprint density at radius 2 is 0.859 bits per heavy atom. The molecule has 0 fully saturated rings. The molecule has 3 atom stereocenters. The van der Waals surface area contributed by atoms with Crippen molar-refractivity contribution in [1.29, 1.82) is 0 Å². The smallest absolute Gasteiger partial charge is 0.268 e. The molecule has 1 amide bonds. The molecule has 0 bridgehead atoms. The van der Waals surface area contributed by atoms with Crippen LogP contribution in [0.1, 0.15) is 284 Å². The summed E-state index contributed by atoms with van der Waals surface area (Å²) in [6, 6.07) is -0.793. The molecule has 0 heterocycles. The van der Waals surface area contributed by atoms with Crippen LogP contribution in [0.2, 0.25) is 0 Å². The summed E-state index contributed by atoms with van der Waals surface area (Å²) in [6.45, 7) is 4.69. The van der Waals surface area contributed by atoms with Gasteiger partial charge < -0.3 is 28.8 Å². The van der Waals surface area contributed by atoms with Crippen LogP contribution >= 0.6 is 7.82 Å². The highest BCUT2D eigenvalue weighted by Crippen LogP contribution is 2.38. The number of quaternary nitrogens is 1. The number of carbonyl (C=O) groups is 1. The minimum Gasteiger partial charge on any atom is -0.756 e. The Labute approximate surface area is 399 Å². The first-order valence-electron chi connectivity index (χ1n) is 28.0. The SMILES string of the molecule is CCCCCCCCCC/C=C\CCCCCCCCCCCCCCCCCCCCCCCCCC(=O)NC(COP(=O)([O-])OCC[N+](C)(C)C)C(O)CCCCCCCCC. The number of rotatable bonds is 52. The molecule has 3 unspecified atom stereocenters. The minimum atomic E-state index is -4.55. The number of nitrogens with zero attached hydrogens (tertiary/aromatic N) is 1. The van der Waals surface area contributed by atoms with Crippen LogP contribution in [0.15, 0.2) is 12.2 Å². The van der Waals surface area contributed by atoms with Crippen LogP contribution < -0.4 is 10.2 Å². The number of likely N-dealkylation sites (N-methyl/N-ethyl adjacent to an activating group) is 1. The maximum Gasteiger partial charge on any atom is 0.268 e. The Bertz CT molecular complexity index is 1050. The van der Waals surface area contributed by atoms with Gasteiger partial charge in [-0.15, -0.1) is 0 Å². The van der Waals surface area contributed by atoms with Crippen LogP contribution in [0.3, 0.4) is 0 Å². The second-order valence-corrected chi connectivity index (χ2v) is 22.1. The second kappa shape index (κ2) is 47.3. The molecule has 0 aromatic carbocycles. The Morgan fingerprint density at radius 3 is 1.22 bits per heavy atom. The third-order valence-electron chi connectivity index (χ3n) is 13.0. The maximum absolute atomic E-state index is 12.9. The molecule has 0 saturated heterocycles. The van der Waals surface area contributed by atoms with E-state index >= 15 is 0 Å². The number of allylic oxidation sites excluding steroid dienone is 2. The number of hydrogen-bond acceptors (Lipinski definition) is 6. The zero-order valence-corrected chi connectivity index (χ0v) is 44.4. The van der Waals surface area contributed by atoms with Crippen LogP contribution in [0.4, 0.5) is 0 Å². The van der Waals surface area contributed by atoms with Crippen molar-refractivity contribution in [2.45, 2.75) is 296 Å². The molecule has 0 aliphatic rings. The van der Waals surface area contributed by atoms with Gasteiger partial charge in [0.1, 0.15) is 13.2 Å². The fraction of sp³-hybridized carbons (Fsp3) is 0.945. The van der Waals surface area contributed by atoms with Crippen molar-refractivity contribution in [3.05, 3.63) is 12.2 Å². The lowest BCUT2D eigenvalue weighted by Crippen LogP contribution is -2.46. The Hall–Kier alpha value is -0.760. The molecule has 2 N–H and O–H groups in total. The van der Waals surface area contributed by atoms with Gasteiger partial charge in [0.05, 0.1) is 39.9 Å². The van der Waals surface area contributed by atoms with E-state index < -0.39 is 20.0 Å². The first-order valence-corrected chi connectivity index (χ1v) is 29.5. The first kappa shape index (κ1) is 63.2. The summed E-state index contributed by atoms with van der Waals surface area (Å²) in [5, 5.41) is 13.8. The Kier molecular flexibility index (Phi) is 46.8. The van der Waals surface area contributed by atoms with E-state index in [0.29, 0.717) is 23.9 Å². The largest absolute Gasteiger partial charge is 0.756 e. The lowest BCUT2D eigenvalue weighted by molar-refractivity contribution is -0.870. The molecular weight excluding hydrogens is 816 g/mol. The van der Waals surface area contributed by atoms with Gasteiger partial charge in [0.25, 0.3) is 7.82 Å². The Morgan fingerprint density at radius 1 is 0.531 bits per heavy atom. The first-order chi connectivity index (χ1) is 31.0. The van der Waals surface area contributed by atoms with Crippen molar-refractivity contribution in [3.8, 4) is 0 Å². The summed E-state index contributed by atoms with van der Waals surface area (Å²) in [5.41, 5.74) is 0. The van der Waals surface area contributed by atoms with Gasteiger partial charge in [-0.2, -0.15) is 0 Å². The highest BCUT2D eigenvalue weighted by Gasteiger charge is 2.24. The molecule has 0 saturated carbocycles. The van der Waals surface area contributed by atoms with Gasteiger partial charge in [-0.1, -0.05) is 251 Å². The third kappa shape index (κ3) is 49.2. The lowest BCUT2D eigenvalue weighted by Gasteiger charge is -2.30. The molecule has 0 radical (unpaired) electrons. The lowest BCUT2D eigenvalue weighted by atomic mass is 10.0. The van der Waals surface area contributed by atoms with Crippen LogP contribution in [0.5, 0.6) is 0 Å². The van der Waals surface area contributed by atoms with Crippen molar-refractivity contribution in [1.82, 2.24) is 5.32 Å². The summed E-state index contributed by atoms with van der Waals surface area (Å²) in [4.78, 5) is 25.3. The van der Waals surface area contributed by atoms with Crippen molar-refractivity contribution < 1.29 is 32.9 Å². The van der Waals surface area contributed by atoms with Crippen LogP contribution in [0, 0.1) is 0 Å².